The Morgan fingerprint density at radius 1 is 1.32 bits per heavy atom. The van der Waals surface area contributed by atoms with Gasteiger partial charge in [0.2, 0.25) is 0 Å². The predicted molar refractivity (Wildman–Crippen MR) is 72.8 cm³/mol. The second kappa shape index (κ2) is 6.44. The molecule has 1 saturated heterocycles. The molecule has 0 spiro atoms. The van der Waals surface area contributed by atoms with Crippen molar-refractivity contribution in [3.63, 3.8) is 0 Å². The fourth-order valence-electron chi connectivity index (χ4n) is 2.91. The number of halogens is 2. The molecule has 0 aliphatic carbocycles. The molecule has 2 atom stereocenters. The van der Waals surface area contributed by atoms with E-state index < -0.39 is 11.6 Å². The van der Waals surface area contributed by atoms with Crippen LogP contribution in [-0.4, -0.2) is 24.0 Å². The minimum absolute atomic E-state index is 0.302. The van der Waals surface area contributed by atoms with Crippen molar-refractivity contribution in [1.29, 1.82) is 0 Å². The van der Waals surface area contributed by atoms with Crippen LogP contribution in [-0.2, 0) is 0 Å². The number of nitrogens with two attached hydrogens (primary N) is 1. The first-order valence-corrected chi connectivity index (χ1v) is 7.05. The zero-order valence-corrected chi connectivity index (χ0v) is 11.4. The number of benzene rings is 1. The lowest BCUT2D eigenvalue weighted by atomic mass is 10.0. The van der Waals surface area contributed by atoms with E-state index in [2.05, 4.69) is 11.8 Å². The average molecular weight is 268 g/mol. The maximum Gasteiger partial charge on any atom is 0.126 e. The molecule has 1 fully saturated rings. The molecule has 0 saturated carbocycles. The van der Waals surface area contributed by atoms with Crippen molar-refractivity contribution < 1.29 is 8.78 Å². The second-order valence-corrected chi connectivity index (χ2v) is 5.34. The van der Waals surface area contributed by atoms with Crippen molar-refractivity contribution in [1.82, 2.24) is 4.90 Å². The first-order chi connectivity index (χ1) is 9.10. The van der Waals surface area contributed by atoms with Gasteiger partial charge in [-0.15, -0.1) is 0 Å². The van der Waals surface area contributed by atoms with Crippen LogP contribution in [0.1, 0.15) is 44.2 Å². The highest BCUT2D eigenvalue weighted by molar-refractivity contribution is 5.21. The molecule has 1 aliphatic rings. The fraction of sp³-hybridized carbons (Fsp3) is 0.600. The van der Waals surface area contributed by atoms with Crippen molar-refractivity contribution in [3.05, 3.63) is 35.4 Å². The Morgan fingerprint density at radius 2 is 2.00 bits per heavy atom. The molecule has 0 aromatic heterocycles. The molecule has 2 N–H and O–H groups in total. The lowest BCUT2D eigenvalue weighted by Gasteiger charge is -2.24. The van der Waals surface area contributed by atoms with E-state index in [1.54, 1.807) is 0 Å². The molecular weight excluding hydrogens is 246 g/mol. The van der Waals surface area contributed by atoms with E-state index in [-0.39, 0.29) is 6.04 Å². The third-order valence-corrected chi connectivity index (χ3v) is 4.01. The van der Waals surface area contributed by atoms with Gasteiger partial charge >= 0.3 is 0 Å². The molecule has 2 unspecified atom stereocenters. The van der Waals surface area contributed by atoms with Crippen LogP contribution in [0.3, 0.4) is 0 Å². The molecule has 1 aromatic rings. The van der Waals surface area contributed by atoms with Crippen LogP contribution in [0, 0.1) is 11.6 Å². The van der Waals surface area contributed by atoms with Crippen molar-refractivity contribution in [3.8, 4) is 0 Å². The Morgan fingerprint density at radius 3 is 2.63 bits per heavy atom. The number of likely N-dealkylation sites (tertiary alicyclic amines) is 1. The molecular formula is C15H22F2N2. The Hall–Kier alpha value is -1.00. The van der Waals surface area contributed by atoms with Crippen LogP contribution < -0.4 is 5.73 Å². The van der Waals surface area contributed by atoms with E-state index in [9.17, 15) is 8.78 Å². The first kappa shape index (κ1) is 14.4. The van der Waals surface area contributed by atoms with Gasteiger partial charge in [-0.1, -0.05) is 6.92 Å². The van der Waals surface area contributed by atoms with E-state index in [1.807, 2.05) is 0 Å². The summed E-state index contributed by atoms with van der Waals surface area (Å²) in [6, 6.07) is 3.88. The van der Waals surface area contributed by atoms with Crippen molar-refractivity contribution in [2.24, 2.45) is 5.73 Å². The molecule has 4 heteroatoms. The smallest absolute Gasteiger partial charge is 0.126 e. The van der Waals surface area contributed by atoms with E-state index >= 15 is 0 Å². The van der Waals surface area contributed by atoms with Gasteiger partial charge in [-0.05, 0) is 49.9 Å². The largest absolute Gasteiger partial charge is 0.324 e. The lowest BCUT2D eigenvalue weighted by Crippen LogP contribution is -2.31. The first-order valence-electron chi connectivity index (χ1n) is 7.05. The Balaban J connectivity index is 1.91. The number of hydrogen-bond acceptors (Lipinski definition) is 2. The Labute approximate surface area is 113 Å². The van der Waals surface area contributed by atoms with Gasteiger partial charge in [0.05, 0.1) is 0 Å². The second-order valence-electron chi connectivity index (χ2n) is 5.34. The maximum absolute atomic E-state index is 13.1. The van der Waals surface area contributed by atoms with Gasteiger partial charge in [-0.3, -0.25) is 0 Å². The van der Waals surface area contributed by atoms with Gasteiger partial charge in [0.1, 0.15) is 11.6 Å². The summed E-state index contributed by atoms with van der Waals surface area (Å²) in [6.07, 6.45) is 4.38. The summed E-state index contributed by atoms with van der Waals surface area (Å²) in [5, 5.41) is 0. The minimum Gasteiger partial charge on any atom is -0.324 e. The van der Waals surface area contributed by atoms with Crippen molar-refractivity contribution in [2.45, 2.75) is 44.7 Å². The van der Waals surface area contributed by atoms with Crippen LogP contribution in [0.2, 0.25) is 0 Å². The van der Waals surface area contributed by atoms with E-state index in [0.29, 0.717) is 11.6 Å². The minimum atomic E-state index is -0.557. The number of rotatable bonds is 5. The highest BCUT2D eigenvalue weighted by atomic mass is 19.1. The SMILES string of the molecule is CCC1CCCN1CCC(N)c1cc(F)cc(F)c1. The fourth-order valence-corrected chi connectivity index (χ4v) is 2.91. The Kier molecular flexibility index (Phi) is 4.88. The molecule has 19 heavy (non-hydrogen) atoms. The lowest BCUT2D eigenvalue weighted by molar-refractivity contribution is 0.239. The van der Waals surface area contributed by atoms with Crippen LogP contribution in [0.15, 0.2) is 18.2 Å². The van der Waals surface area contributed by atoms with E-state index in [0.717, 1.165) is 32.0 Å². The third kappa shape index (κ3) is 3.74. The van der Waals surface area contributed by atoms with Crippen molar-refractivity contribution in [2.75, 3.05) is 13.1 Å². The van der Waals surface area contributed by atoms with Gasteiger partial charge in [0.25, 0.3) is 0 Å². The summed E-state index contributed by atoms with van der Waals surface area (Å²) >= 11 is 0. The average Bonchev–Trinajstić information content (AvgIpc) is 2.82. The molecule has 2 rings (SSSR count). The molecule has 2 nitrogen and oxygen atoms in total. The summed E-state index contributed by atoms with van der Waals surface area (Å²) < 4.78 is 26.3. The molecule has 106 valence electrons. The molecule has 1 aromatic carbocycles. The summed E-state index contributed by atoms with van der Waals surface area (Å²) in [4.78, 5) is 2.44. The maximum atomic E-state index is 13.1. The summed E-state index contributed by atoms with van der Waals surface area (Å²) in [5.74, 6) is -1.11. The van der Waals surface area contributed by atoms with Gasteiger partial charge in [-0.2, -0.15) is 0 Å². The molecule has 0 amide bonds. The highest BCUT2D eigenvalue weighted by Crippen LogP contribution is 2.23. The molecule has 1 aliphatic heterocycles. The van der Waals surface area contributed by atoms with Crippen molar-refractivity contribution >= 4 is 0 Å². The van der Waals surface area contributed by atoms with Gasteiger partial charge in [-0.25, -0.2) is 8.78 Å². The molecule has 0 bridgehead atoms. The predicted octanol–water partition coefficient (Wildman–Crippen LogP) is 3.23. The summed E-state index contributed by atoms with van der Waals surface area (Å²) in [5.41, 5.74) is 6.58. The number of nitrogens with zero attached hydrogens (tertiary/aromatic N) is 1. The van der Waals surface area contributed by atoms with Crippen LogP contribution in [0.25, 0.3) is 0 Å². The van der Waals surface area contributed by atoms with Crippen LogP contribution in [0.5, 0.6) is 0 Å². The van der Waals surface area contributed by atoms with Gasteiger partial charge in [0.15, 0.2) is 0 Å². The zero-order valence-electron chi connectivity index (χ0n) is 11.4. The molecule has 0 radical (unpaired) electrons. The normalized spacial score (nSPS) is 21.8. The molecule has 1 heterocycles. The van der Waals surface area contributed by atoms with E-state index in [4.69, 9.17) is 5.73 Å². The number of hydrogen-bond donors (Lipinski definition) is 1. The highest BCUT2D eigenvalue weighted by Gasteiger charge is 2.23. The van der Waals surface area contributed by atoms with Gasteiger partial charge < -0.3 is 10.6 Å². The van der Waals surface area contributed by atoms with E-state index in [1.165, 1.54) is 25.0 Å². The standard InChI is InChI=1S/C15H22F2N2/c1-2-14-4-3-6-19(14)7-5-15(18)11-8-12(16)10-13(17)9-11/h8-10,14-15H,2-7,18H2,1H3. The van der Waals surface area contributed by atoms with Gasteiger partial charge in [0, 0.05) is 24.7 Å². The topological polar surface area (TPSA) is 29.3 Å². The monoisotopic (exact) mass is 268 g/mol. The quantitative estimate of drug-likeness (QED) is 0.888. The third-order valence-electron chi connectivity index (χ3n) is 4.01. The zero-order chi connectivity index (χ0) is 13.8. The summed E-state index contributed by atoms with van der Waals surface area (Å²) in [6.45, 7) is 4.21. The van der Waals surface area contributed by atoms with Crippen LogP contribution >= 0.6 is 0 Å². The summed E-state index contributed by atoms with van der Waals surface area (Å²) in [7, 11) is 0. The van der Waals surface area contributed by atoms with Crippen LogP contribution in [0.4, 0.5) is 8.78 Å². The Bertz CT molecular complexity index is 402.